The minimum Gasteiger partial charge on any atom is -0.410 e. The van der Waals surface area contributed by atoms with E-state index in [4.69, 9.17) is 4.43 Å². The number of carbonyl (C=O) groups excluding carboxylic acids is 1. The van der Waals surface area contributed by atoms with Crippen LogP contribution in [0.2, 0.25) is 18.1 Å². The van der Waals surface area contributed by atoms with Crippen LogP contribution >= 0.6 is 0 Å². The van der Waals surface area contributed by atoms with Gasteiger partial charge in [-0.15, -0.1) is 0 Å². The highest BCUT2D eigenvalue weighted by atomic mass is 28.4. The summed E-state index contributed by atoms with van der Waals surface area (Å²) in [6.07, 6.45) is 5.40. The standard InChI is InChI=1S/C18H30O3Si/c1-12-16(21-22(6,7)17(2,3)4)9-8-13-10-14(19)15(20)11-18(12,13)5/h8-10,12,15-16,20H,11H2,1-7H3/t12-,15+,16-,18+/m0/s1. The Bertz CT molecular complexity index is 527. The summed E-state index contributed by atoms with van der Waals surface area (Å²) in [5.74, 6) is 0.0636. The first-order chi connectivity index (χ1) is 9.88. The summed E-state index contributed by atoms with van der Waals surface area (Å²) in [7, 11) is -1.85. The van der Waals surface area contributed by atoms with Crippen LogP contribution < -0.4 is 0 Å². The fourth-order valence-electron chi connectivity index (χ4n) is 3.11. The summed E-state index contributed by atoms with van der Waals surface area (Å²) in [5.41, 5.74) is 0.833. The smallest absolute Gasteiger partial charge is 0.192 e. The Morgan fingerprint density at radius 3 is 2.50 bits per heavy atom. The van der Waals surface area contributed by atoms with Crippen molar-refractivity contribution < 1.29 is 14.3 Å². The van der Waals surface area contributed by atoms with Crippen molar-refractivity contribution in [2.45, 2.75) is 71.4 Å². The van der Waals surface area contributed by atoms with Crippen molar-refractivity contribution in [3.05, 3.63) is 23.8 Å². The van der Waals surface area contributed by atoms with Crippen LogP contribution in [0, 0.1) is 11.3 Å². The van der Waals surface area contributed by atoms with Crippen LogP contribution in [0.3, 0.4) is 0 Å². The quantitative estimate of drug-likeness (QED) is 0.786. The van der Waals surface area contributed by atoms with Gasteiger partial charge in [0.1, 0.15) is 6.10 Å². The fraction of sp³-hybridized carbons (Fsp3) is 0.722. The SMILES string of the molecule is C[C@H]1[C@@H](O[Si](C)(C)C(C)(C)C)C=CC2=CC(=O)[C@H](O)C[C@@]21C. The summed E-state index contributed by atoms with van der Waals surface area (Å²) in [6.45, 7) is 15.6. The van der Waals surface area contributed by atoms with Crippen LogP contribution in [0.15, 0.2) is 23.8 Å². The van der Waals surface area contributed by atoms with Gasteiger partial charge in [-0.3, -0.25) is 4.79 Å². The predicted octanol–water partition coefficient (Wildman–Crippen LogP) is 3.85. The number of fused-ring (bicyclic) bond motifs is 1. The van der Waals surface area contributed by atoms with E-state index < -0.39 is 14.4 Å². The van der Waals surface area contributed by atoms with Crippen LogP contribution in [0.25, 0.3) is 0 Å². The molecule has 4 heteroatoms. The Morgan fingerprint density at radius 2 is 1.95 bits per heavy atom. The zero-order valence-electron chi connectivity index (χ0n) is 14.9. The maximum absolute atomic E-state index is 11.8. The van der Waals surface area contributed by atoms with Crippen molar-refractivity contribution in [1.82, 2.24) is 0 Å². The van der Waals surface area contributed by atoms with Crippen molar-refractivity contribution in [3.63, 3.8) is 0 Å². The van der Waals surface area contributed by atoms with E-state index in [2.05, 4.69) is 53.8 Å². The summed E-state index contributed by atoms with van der Waals surface area (Å²) in [5, 5.41) is 10.2. The van der Waals surface area contributed by atoms with E-state index in [1.807, 2.05) is 6.08 Å². The Balaban J connectivity index is 2.31. The maximum atomic E-state index is 11.8. The Hall–Kier alpha value is -0.713. The molecule has 0 heterocycles. The first-order valence-corrected chi connectivity index (χ1v) is 11.1. The molecule has 2 aliphatic rings. The second-order valence-corrected chi connectivity index (χ2v) is 13.4. The predicted molar refractivity (Wildman–Crippen MR) is 92.2 cm³/mol. The van der Waals surface area contributed by atoms with Crippen LogP contribution in [0.1, 0.15) is 41.0 Å². The third-order valence-electron chi connectivity index (χ3n) is 6.10. The number of allylic oxidation sites excluding steroid dienone is 2. The highest BCUT2D eigenvalue weighted by Gasteiger charge is 2.48. The first-order valence-electron chi connectivity index (χ1n) is 8.18. The Morgan fingerprint density at radius 1 is 1.36 bits per heavy atom. The molecule has 0 aromatic carbocycles. The third kappa shape index (κ3) is 2.88. The van der Waals surface area contributed by atoms with Gasteiger partial charge >= 0.3 is 0 Å². The summed E-state index contributed by atoms with van der Waals surface area (Å²) in [4.78, 5) is 11.8. The minimum absolute atomic E-state index is 0.0449. The topological polar surface area (TPSA) is 46.5 Å². The maximum Gasteiger partial charge on any atom is 0.192 e. The van der Waals surface area contributed by atoms with Crippen molar-refractivity contribution in [2.75, 3.05) is 0 Å². The molecule has 0 saturated heterocycles. The molecule has 2 rings (SSSR count). The van der Waals surface area contributed by atoms with Crippen molar-refractivity contribution in [3.8, 4) is 0 Å². The minimum atomic E-state index is -1.85. The molecule has 0 radical (unpaired) electrons. The molecule has 0 aromatic heterocycles. The molecule has 0 aromatic rings. The normalized spacial score (nSPS) is 36.1. The molecule has 4 atom stereocenters. The summed E-state index contributed by atoms with van der Waals surface area (Å²) in [6, 6.07) is 0. The number of hydrogen-bond acceptors (Lipinski definition) is 3. The molecule has 1 N–H and O–H groups in total. The lowest BCUT2D eigenvalue weighted by molar-refractivity contribution is -0.125. The molecule has 2 aliphatic carbocycles. The second kappa shape index (κ2) is 5.43. The van der Waals surface area contributed by atoms with Gasteiger partial charge in [-0.2, -0.15) is 0 Å². The van der Waals surface area contributed by atoms with Crippen molar-refractivity contribution in [1.29, 1.82) is 0 Å². The largest absolute Gasteiger partial charge is 0.410 e. The number of aliphatic hydroxyl groups excluding tert-OH is 1. The molecular weight excluding hydrogens is 292 g/mol. The van der Waals surface area contributed by atoms with Gasteiger partial charge in [-0.05, 0) is 42.1 Å². The van der Waals surface area contributed by atoms with E-state index in [0.717, 1.165) is 5.57 Å². The zero-order chi connectivity index (χ0) is 16.9. The van der Waals surface area contributed by atoms with Gasteiger partial charge in [0.25, 0.3) is 0 Å². The Labute approximate surface area is 135 Å². The van der Waals surface area contributed by atoms with Gasteiger partial charge in [0, 0.05) is 5.41 Å². The van der Waals surface area contributed by atoms with Crippen LogP contribution in [-0.4, -0.2) is 31.4 Å². The summed E-state index contributed by atoms with van der Waals surface area (Å²) >= 11 is 0. The number of ketones is 1. The van der Waals surface area contributed by atoms with Crippen LogP contribution in [-0.2, 0) is 9.22 Å². The van der Waals surface area contributed by atoms with E-state index in [1.165, 1.54) is 0 Å². The molecular formula is C18H30O3Si. The highest BCUT2D eigenvalue weighted by molar-refractivity contribution is 6.74. The van der Waals surface area contributed by atoms with E-state index in [1.54, 1.807) is 6.08 Å². The molecule has 0 amide bonds. The lowest BCUT2D eigenvalue weighted by Crippen LogP contribution is -2.50. The van der Waals surface area contributed by atoms with E-state index in [-0.39, 0.29) is 28.3 Å². The van der Waals surface area contributed by atoms with E-state index in [9.17, 15) is 9.90 Å². The van der Waals surface area contributed by atoms with Gasteiger partial charge in [-0.1, -0.05) is 46.8 Å². The summed E-state index contributed by atoms with van der Waals surface area (Å²) < 4.78 is 6.59. The van der Waals surface area contributed by atoms with Gasteiger partial charge in [0.2, 0.25) is 0 Å². The number of hydrogen-bond donors (Lipinski definition) is 1. The third-order valence-corrected chi connectivity index (χ3v) is 10.6. The first kappa shape index (κ1) is 17.6. The lowest BCUT2D eigenvalue weighted by Gasteiger charge is -2.49. The molecule has 124 valence electrons. The molecule has 0 bridgehead atoms. The van der Waals surface area contributed by atoms with Gasteiger partial charge in [0.05, 0.1) is 6.10 Å². The van der Waals surface area contributed by atoms with Crippen LogP contribution in [0.5, 0.6) is 0 Å². The molecule has 22 heavy (non-hydrogen) atoms. The van der Waals surface area contributed by atoms with Gasteiger partial charge in [-0.25, -0.2) is 0 Å². The second-order valence-electron chi connectivity index (χ2n) is 8.63. The molecule has 3 nitrogen and oxygen atoms in total. The number of rotatable bonds is 2. The van der Waals surface area contributed by atoms with E-state index >= 15 is 0 Å². The van der Waals surface area contributed by atoms with Gasteiger partial charge < -0.3 is 9.53 Å². The van der Waals surface area contributed by atoms with Crippen LogP contribution in [0.4, 0.5) is 0 Å². The molecule has 0 saturated carbocycles. The number of aliphatic hydroxyl groups is 1. The molecule has 0 fully saturated rings. The highest BCUT2D eigenvalue weighted by Crippen LogP contribution is 2.49. The fourth-order valence-corrected chi connectivity index (χ4v) is 4.42. The van der Waals surface area contributed by atoms with Crippen molar-refractivity contribution in [2.24, 2.45) is 11.3 Å². The van der Waals surface area contributed by atoms with E-state index in [0.29, 0.717) is 6.42 Å². The monoisotopic (exact) mass is 322 g/mol. The van der Waals surface area contributed by atoms with Crippen molar-refractivity contribution >= 4 is 14.1 Å². The molecule has 0 spiro atoms. The average molecular weight is 323 g/mol. The molecule has 0 aliphatic heterocycles. The Kier molecular flexibility index (Phi) is 4.35. The average Bonchev–Trinajstić information content (AvgIpc) is 2.36. The molecule has 0 unspecified atom stereocenters. The number of carbonyl (C=O) groups is 1. The zero-order valence-corrected chi connectivity index (χ0v) is 15.9. The van der Waals surface area contributed by atoms with Gasteiger partial charge in [0.15, 0.2) is 14.1 Å². The lowest BCUT2D eigenvalue weighted by atomic mass is 9.61.